The van der Waals surface area contributed by atoms with Crippen LogP contribution in [0.3, 0.4) is 0 Å². The Labute approximate surface area is 99.6 Å². The SMILES string of the molecule is COc1cc(OC)cc(-c2[c]ccc(F)c2)c1. The van der Waals surface area contributed by atoms with Gasteiger partial charge in [-0.15, -0.1) is 0 Å². The Kier molecular flexibility index (Phi) is 3.28. The van der Waals surface area contributed by atoms with Crippen LogP contribution in [0.1, 0.15) is 0 Å². The van der Waals surface area contributed by atoms with Crippen molar-refractivity contribution in [3.8, 4) is 22.6 Å². The zero-order valence-electron chi connectivity index (χ0n) is 9.66. The molecule has 0 amide bonds. The lowest BCUT2D eigenvalue weighted by Crippen LogP contribution is -1.89. The van der Waals surface area contributed by atoms with Gasteiger partial charge in [-0.05, 0) is 41.5 Å². The molecular formula is C14H12FO2. The van der Waals surface area contributed by atoms with E-state index in [4.69, 9.17) is 9.47 Å². The Morgan fingerprint density at radius 1 is 1.00 bits per heavy atom. The highest BCUT2D eigenvalue weighted by Gasteiger charge is 2.05. The highest BCUT2D eigenvalue weighted by atomic mass is 19.1. The Hall–Kier alpha value is -2.03. The summed E-state index contributed by atoms with van der Waals surface area (Å²) in [6, 6.07) is 12.7. The first-order chi connectivity index (χ1) is 8.22. The second kappa shape index (κ2) is 4.87. The van der Waals surface area contributed by atoms with Crippen LogP contribution >= 0.6 is 0 Å². The first kappa shape index (κ1) is 11.5. The summed E-state index contributed by atoms with van der Waals surface area (Å²) in [7, 11) is 3.15. The number of ether oxygens (including phenoxy) is 2. The fourth-order valence-electron chi connectivity index (χ4n) is 1.57. The second-order valence-corrected chi connectivity index (χ2v) is 3.52. The molecule has 0 aliphatic rings. The third-order valence-corrected chi connectivity index (χ3v) is 2.43. The molecule has 87 valence electrons. The van der Waals surface area contributed by atoms with E-state index in [9.17, 15) is 4.39 Å². The van der Waals surface area contributed by atoms with Crippen molar-refractivity contribution in [2.75, 3.05) is 14.2 Å². The summed E-state index contributed by atoms with van der Waals surface area (Å²) >= 11 is 0. The molecule has 0 heterocycles. The zero-order valence-corrected chi connectivity index (χ0v) is 9.66. The number of benzene rings is 2. The number of hydrogen-bond donors (Lipinski definition) is 0. The number of rotatable bonds is 3. The third kappa shape index (κ3) is 2.56. The van der Waals surface area contributed by atoms with Gasteiger partial charge in [-0.2, -0.15) is 0 Å². The van der Waals surface area contributed by atoms with E-state index in [1.165, 1.54) is 12.1 Å². The van der Waals surface area contributed by atoms with Crippen molar-refractivity contribution >= 4 is 0 Å². The first-order valence-electron chi connectivity index (χ1n) is 5.13. The molecule has 0 aliphatic heterocycles. The van der Waals surface area contributed by atoms with E-state index in [-0.39, 0.29) is 5.82 Å². The van der Waals surface area contributed by atoms with Crippen LogP contribution in [0.5, 0.6) is 11.5 Å². The van der Waals surface area contributed by atoms with Gasteiger partial charge < -0.3 is 9.47 Å². The quantitative estimate of drug-likeness (QED) is 0.806. The Morgan fingerprint density at radius 3 is 2.18 bits per heavy atom. The van der Waals surface area contributed by atoms with E-state index >= 15 is 0 Å². The van der Waals surface area contributed by atoms with Crippen molar-refractivity contribution in [2.24, 2.45) is 0 Å². The Morgan fingerprint density at radius 2 is 1.65 bits per heavy atom. The van der Waals surface area contributed by atoms with Gasteiger partial charge in [-0.3, -0.25) is 0 Å². The molecular weight excluding hydrogens is 219 g/mol. The highest BCUT2D eigenvalue weighted by molar-refractivity contribution is 5.66. The first-order valence-corrected chi connectivity index (χ1v) is 5.13. The predicted molar refractivity (Wildman–Crippen MR) is 63.8 cm³/mol. The fraction of sp³-hybridized carbons (Fsp3) is 0.143. The molecule has 0 aromatic heterocycles. The lowest BCUT2D eigenvalue weighted by Gasteiger charge is -2.08. The summed E-state index contributed by atoms with van der Waals surface area (Å²) in [5, 5.41) is 0. The maximum Gasteiger partial charge on any atom is 0.123 e. The topological polar surface area (TPSA) is 18.5 Å². The average Bonchev–Trinajstić information content (AvgIpc) is 2.38. The summed E-state index contributed by atoms with van der Waals surface area (Å²) in [4.78, 5) is 0. The second-order valence-electron chi connectivity index (χ2n) is 3.52. The van der Waals surface area contributed by atoms with E-state index in [2.05, 4.69) is 6.07 Å². The molecule has 0 bridgehead atoms. The molecule has 0 aliphatic carbocycles. The minimum atomic E-state index is -0.291. The molecule has 1 radical (unpaired) electrons. The van der Waals surface area contributed by atoms with Gasteiger partial charge in [0, 0.05) is 6.07 Å². The van der Waals surface area contributed by atoms with E-state index < -0.39 is 0 Å². The van der Waals surface area contributed by atoms with Crippen LogP contribution in [0, 0.1) is 11.9 Å². The number of methoxy groups -OCH3 is 2. The Balaban J connectivity index is 2.50. The van der Waals surface area contributed by atoms with Crippen LogP contribution < -0.4 is 9.47 Å². The minimum absolute atomic E-state index is 0.291. The minimum Gasteiger partial charge on any atom is -0.497 e. The van der Waals surface area contributed by atoms with Crippen LogP contribution in [0.4, 0.5) is 4.39 Å². The molecule has 2 nitrogen and oxygen atoms in total. The molecule has 2 aromatic rings. The highest BCUT2D eigenvalue weighted by Crippen LogP contribution is 2.29. The van der Waals surface area contributed by atoms with Gasteiger partial charge >= 0.3 is 0 Å². The fourth-order valence-corrected chi connectivity index (χ4v) is 1.57. The van der Waals surface area contributed by atoms with Gasteiger partial charge in [0.25, 0.3) is 0 Å². The summed E-state index contributed by atoms with van der Waals surface area (Å²) < 4.78 is 23.5. The van der Waals surface area contributed by atoms with Crippen molar-refractivity contribution < 1.29 is 13.9 Å². The van der Waals surface area contributed by atoms with Gasteiger partial charge in [0.05, 0.1) is 14.2 Å². The van der Waals surface area contributed by atoms with Crippen molar-refractivity contribution in [1.82, 2.24) is 0 Å². The molecule has 0 unspecified atom stereocenters. The molecule has 0 fully saturated rings. The monoisotopic (exact) mass is 231 g/mol. The van der Waals surface area contributed by atoms with E-state index in [1.54, 1.807) is 26.4 Å². The van der Waals surface area contributed by atoms with Crippen molar-refractivity contribution in [3.63, 3.8) is 0 Å². The zero-order chi connectivity index (χ0) is 12.3. The molecule has 2 aromatic carbocycles. The Bertz CT molecular complexity index is 501. The van der Waals surface area contributed by atoms with Crippen molar-refractivity contribution in [2.45, 2.75) is 0 Å². The van der Waals surface area contributed by atoms with Crippen LogP contribution in [-0.4, -0.2) is 14.2 Å². The third-order valence-electron chi connectivity index (χ3n) is 2.43. The van der Waals surface area contributed by atoms with Gasteiger partial charge in [0.1, 0.15) is 17.3 Å². The molecule has 0 atom stereocenters. The summed E-state index contributed by atoms with van der Waals surface area (Å²) in [5.41, 5.74) is 1.47. The molecule has 0 saturated carbocycles. The maximum absolute atomic E-state index is 13.1. The summed E-state index contributed by atoms with van der Waals surface area (Å²) in [5.74, 6) is 1.04. The number of hydrogen-bond acceptors (Lipinski definition) is 2. The van der Waals surface area contributed by atoms with Gasteiger partial charge in [-0.1, -0.05) is 6.07 Å². The van der Waals surface area contributed by atoms with Crippen LogP contribution in [0.15, 0.2) is 36.4 Å². The maximum atomic E-state index is 13.1. The largest absolute Gasteiger partial charge is 0.497 e. The lowest BCUT2D eigenvalue weighted by atomic mass is 10.1. The smallest absolute Gasteiger partial charge is 0.123 e. The predicted octanol–water partition coefficient (Wildman–Crippen LogP) is 3.31. The molecule has 2 rings (SSSR count). The standard InChI is InChI=1S/C14H12FO2/c1-16-13-7-11(8-14(9-13)17-2)10-4-3-5-12(15)6-10/h3,5-9H,1-2H3. The van der Waals surface area contributed by atoms with E-state index in [0.29, 0.717) is 17.1 Å². The number of halogens is 1. The molecule has 0 N–H and O–H groups in total. The van der Waals surface area contributed by atoms with E-state index in [1.807, 2.05) is 12.1 Å². The summed E-state index contributed by atoms with van der Waals surface area (Å²) in [6.45, 7) is 0. The van der Waals surface area contributed by atoms with E-state index in [0.717, 1.165) is 5.56 Å². The normalized spacial score (nSPS) is 10.1. The molecule has 17 heavy (non-hydrogen) atoms. The summed E-state index contributed by atoms with van der Waals surface area (Å²) in [6.07, 6.45) is 0. The van der Waals surface area contributed by atoms with Crippen molar-refractivity contribution in [3.05, 3.63) is 48.3 Å². The van der Waals surface area contributed by atoms with Crippen LogP contribution in [-0.2, 0) is 0 Å². The van der Waals surface area contributed by atoms with Gasteiger partial charge in [0.2, 0.25) is 0 Å². The average molecular weight is 231 g/mol. The van der Waals surface area contributed by atoms with Gasteiger partial charge in [0.15, 0.2) is 0 Å². The molecule has 0 spiro atoms. The van der Waals surface area contributed by atoms with Crippen LogP contribution in [0.25, 0.3) is 11.1 Å². The van der Waals surface area contributed by atoms with Crippen LogP contribution in [0.2, 0.25) is 0 Å². The van der Waals surface area contributed by atoms with Gasteiger partial charge in [-0.25, -0.2) is 4.39 Å². The molecule has 3 heteroatoms. The molecule has 0 saturated heterocycles. The lowest BCUT2D eigenvalue weighted by molar-refractivity contribution is 0.394. The van der Waals surface area contributed by atoms with Crippen molar-refractivity contribution in [1.29, 1.82) is 0 Å².